The van der Waals surface area contributed by atoms with Crippen molar-refractivity contribution in [2.75, 3.05) is 7.11 Å². The fourth-order valence-corrected chi connectivity index (χ4v) is 2.69. The van der Waals surface area contributed by atoms with E-state index in [1.54, 1.807) is 24.3 Å². The van der Waals surface area contributed by atoms with Crippen molar-refractivity contribution in [3.05, 3.63) is 29.8 Å². The van der Waals surface area contributed by atoms with Gasteiger partial charge in [-0.15, -0.1) is 0 Å². The number of methoxy groups -OCH3 is 1. The Morgan fingerprint density at radius 3 is 2.29 bits per heavy atom. The van der Waals surface area contributed by atoms with Gasteiger partial charge in [-0.3, -0.25) is 9.59 Å². The van der Waals surface area contributed by atoms with Gasteiger partial charge in [0, 0.05) is 6.92 Å². The lowest BCUT2D eigenvalue weighted by Gasteiger charge is -2.12. The van der Waals surface area contributed by atoms with E-state index >= 15 is 0 Å². The number of amides is 1. The van der Waals surface area contributed by atoms with E-state index in [0.29, 0.717) is 11.3 Å². The van der Waals surface area contributed by atoms with E-state index in [-0.39, 0.29) is 5.75 Å². The molecule has 0 aliphatic heterocycles. The molecule has 0 saturated heterocycles. The summed E-state index contributed by atoms with van der Waals surface area (Å²) in [5.74, 6) is -1.32. The highest BCUT2D eigenvalue weighted by Gasteiger charge is 2.22. The van der Waals surface area contributed by atoms with Crippen molar-refractivity contribution in [2.45, 2.75) is 25.7 Å². The molecular weight excluding hydrogens is 298 g/mol. The summed E-state index contributed by atoms with van der Waals surface area (Å²) in [4.78, 5) is 22.3. The molecule has 1 aromatic rings. The Hall–Kier alpha value is -2.09. The van der Waals surface area contributed by atoms with Crippen LogP contribution in [0.4, 0.5) is 0 Å². The lowest BCUT2D eigenvalue weighted by Crippen LogP contribution is -2.39. The number of hydrogen-bond acceptors (Lipinski definition) is 6. The van der Waals surface area contributed by atoms with E-state index in [4.69, 9.17) is 4.74 Å². The van der Waals surface area contributed by atoms with Crippen LogP contribution in [0.1, 0.15) is 19.4 Å². The topological polar surface area (TPSA) is 98.8 Å². The molecule has 0 fully saturated rings. The molecule has 0 spiro atoms. The molecule has 0 aliphatic carbocycles. The van der Waals surface area contributed by atoms with Crippen LogP contribution in [-0.2, 0) is 30.1 Å². The molecular formula is C13H17NO6S. The van der Waals surface area contributed by atoms with Crippen LogP contribution in [0.25, 0.3) is 0 Å². The Morgan fingerprint density at radius 1 is 1.24 bits per heavy atom. The number of rotatable bonds is 6. The first-order valence-corrected chi connectivity index (χ1v) is 7.73. The molecule has 0 radical (unpaired) electrons. The lowest BCUT2D eigenvalue weighted by atomic mass is 10.2. The second-order valence-corrected chi connectivity index (χ2v) is 6.05. The van der Waals surface area contributed by atoms with E-state index in [1.807, 2.05) is 4.72 Å². The van der Waals surface area contributed by atoms with Crippen molar-refractivity contribution in [1.29, 1.82) is 0 Å². The van der Waals surface area contributed by atoms with Crippen molar-refractivity contribution >= 4 is 21.9 Å². The predicted octanol–water partition coefficient (Wildman–Crippen LogP) is 0.593. The molecule has 1 rings (SSSR count). The molecule has 0 bridgehead atoms. The van der Waals surface area contributed by atoms with E-state index in [2.05, 4.69) is 4.74 Å². The maximum absolute atomic E-state index is 11.9. The average molecular weight is 315 g/mol. The smallest absolute Gasteiger partial charge is 0.303 e. The van der Waals surface area contributed by atoms with Crippen LogP contribution in [0.5, 0.6) is 5.75 Å². The minimum Gasteiger partial charge on any atom is -0.497 e. The Labute approximate surface area is 123 Å². The summed E-state index contributed by atoms with van der Waals surface area (Å²) in [5.41, 5.74) is 0.497. The van der Waals surface area contributed by atoms with Crippen LogP contribution >= 0.6 is 0 Å². The molecule has 1 atom stereocenters. The summed E-state index contributed by atoms with van der Waals surface area (Å²) in [7, 11) is -2.36. The average Bonchev–Trinajstić information content (AvgIpc) is 2.37. The highest BCUT2D eigenvalue weighted by molar-refractivity contribution is 7.89. The molecule has 8 heteroatoms. The maximum Gasteiger partial charge on any atom is 0.303 e. The molecule has 21 heavy (non-hydrogen) atoms. The van der Waals surface area contributed by atoms with Gasteiger partial charge in [-0.1, -0.05) is 12.1 Å². The normalized spacial score (nSPS) is 12.3. The van der Waals surface area contributed by atoms with Crippen LogP contribution in [0.3, 0.4) is 0 Å². The Morgan fingerprint density at radius 2 is 1.81 bits per heavy atom. The highest BCUT2D eigenvalue weighted by atomic mass is 32.2. The molecule has 1 aromatic carbocycles. The number of nitrogens with one attached hydrogen (secondary N) is 1. The molecule has 0 aliphatic rings. The Kier molecular flexibility index (Phi) is 5.71. The largest absolute Gasteiger partial charge is 0.497 e. The third kappa shape index (κ3) is 5.82. The van der Waals surface area contributed by atoms with Crippen LogP contribution in [-0.4, -0.2) is 33.5 Å². The molecule has 1 amide bonds. The Balaban J connectivity index is 2.68. The van der Waals surface area contributed by atoms with Crippen molar-refractivity contribution in [3.63, 3.8) is 0 Å². The number of sulfonamides is 1. The Bertz CT molecular complexity index is 608. The summed E-state index contributed by atoms with van der Waals surface area (Å²) in [6.07, 6.45) is -1.17. The number of hydrogen-bond donors (Lipinski definition) is 1. The number of carbonyl (C=O) groups is 2. The van der Waals surface area contributed by atoms with Gasteiger partial charge in [-0.05, 0) is 24.6 Å². The van der Waals surface area contributed by atoms with E-state index in [0.717, 1.165) is 6.92 Å². The van der Waals surface area contributed by atoms with Crippen molar-refractivity contribution in [1.82, 2.24) is 4.72 Å². The monoisotopic (exact) mass is 315 g/mol. The van der Waals surface area contributed by atoms with Gasteiger partial charge >= 0.3 is 5.97 Å². The summed E-state index contributed by atoms with van der Waals surface area (Å²) < 4.78 is 35.1. The number of carbonyl (C=O) groups excluding carboxylic acids is 2. The standard InChI is InChI=1S/C13H17NO6S/c1-9(20-10(2)15)13(16)14-21(17,18)8-11-4-6-12(19-3)7-5-11/h4-7,9H,8H2,1-3H3,(H,14,16). The molecule has 7 nitrogen and oxygen atoms in total. The minimum absolute atomic E-state index is 0.366. The van der Waals surface area contributed by atoms with Gasteiger partial charge < -0.3 is 9.47 Å². The second-order valence-electron chi connectivity index (χ2n) is 4.33. The summed E-state index contributed by atoms with van der Waals surface area (Å²) in [6, 6.07) is 6.40. The molecule has 0 aromatic heterocycles. The van der Waals surface area contributed by atoms with Crippen LogP contribution < -0.4 is 9.46 Å². The maximum atomic E-state index is 11.9. The van der Waals surface area contributed by atoms with Crippen molar-refractivity contribution in [3.8, 4) is 5.75 Å². The molecule has 1 unspecified atom stereocenters. The third-order valence-electron chi connectivity index (χ3n) is 2.48. The first-order valence-electron chi connectivity index (χ1n) is 6.08. The van der Waals surface area contributed by atoms with Gasteiger partial charge in [0.25, 0.3) is 5.91 Å². The third-order valence-corrected chi connectivity index (χ3v) is 3.71. The summed E-state index contributed by atoms with van der Waals surface area (Å²) in [5, 5.41) is 0. The van der Waals surface area contributed by atoms with Crippen LogP contribution in [0.2, 0.25) is 0 Å². The quantitative estimate of drug-likeness (QED) is 0.772. The first kappa shape index (κ1) is 17.0. The first-order chi connectivity index (χ1) is 9.73. The zero-order valence-corrected chi connectivity index (χ0v) is 12.8. The van der Waals surface area contributed by atoms with Crippen molar-refractivity contribution < 1.29 is 27.5 Å². The zero-order chi connectivity index (χ0) is 16.0. The summed E-state index contributed by atoms with van der Waals surface area (Å²) >= 11 is 0. The fraction of sp³-hybridized carbons (Fsp3) is 0.385. The van der Waals surface area contributed by atoms with E-state index in [9.17, 15) is 18.0 Å². The summed E-state index contributed by atoms with van der Waals surface area (Å²) in [6.45, 7) is 2.43. The zero-order valence-electron chi connectivity index (χ0n) is 12.0. The van der Waals surface area contributed by atoms with Crippen LogP contribution in [0.15, 0.2) is 24.3 Å². The lowest BCUT2D eigenvalue weighted by molar-refractivity contribution is -0.152. The number of benzene rings is 1. The van der Waals surface area contributed by atoms with Gasteiger partial charge in [0.1, 0.15) is 5.75 Å². The second kappa shape index (κ2) is 7.07. The highest BCUT2D eigenvalue weighted by Crippen LogP contribution is 2.13. The molecule has 0 saturated carbocycles. The van der Waals surface area contributed by atoms with E-state index < -0.39 is 28.0 Å². The molecule has 1 N–H and O–H groups in total. The SMILES string of the molecule is COc1ccc(CS(=O)(=O)NC(=O)C(C)OC(C)=O)cc1. The van der Waals surface area contributed by atoms with Gasteiger partial charge in [0.05, 0.1) is 12.9 Å². The number of esters is 1. The van der Waals surface area contributed by atoms with Gasteiger partial charge in [0.2, 0.25) is 10.0 Å². The van der Waals surface area contributed by atoms with Crippen molar-refractivity contribution in [2.24, 2.45) is 0 Å². The van der Waals surface area contributed by atoms with Gasteiger partial charge in [-0.2, -0.15) is 0 Å². The van der Waals surface area contributed by atoms with Crippen LogP contribution in [0, 0.1) is 0 Å². The van der Waals surface area contributed by atoms with Gasteiger partial charge in [-0.25, -0.2) is 13.1 Å². The fourth-order valence-electron chi connectivity index (χ4n) is 1.52. The molecule has 116 valence electrons. The van der Waals surface area contributed by atoms with Gasteiger partial charge in [0.15, 0.2) is 6.10 Å². The minimum atomic E-state index is -3.87. The van der Waals surface area contributed by atoms with E-state index in [1.165, 1.54) is 14.0 Å². The predicted molar refractivity (Wildman–Crippen MR) is 75.0 cm³/mol. The number of ether oxygens (including phenoxy) is 2. The molecule has 0 heterocycles.